The van der Waals surface area contributed by atoms with Crippen LogP contribution in [0.3, 0.4) is 0 Å². The lowest BCUT2D eigenvalue weighted by Crippen LogP contribution is -2.50. The minimum absolute atomic E-state index is 0.110. The third-order valence-corrected chi connectivity index (χ3v) is 5.46. The lowest BCUT2D eigenvalue weighted by molar-refractivity contribution is 0.0138. The first-order valence-electron chi connectivity index (χ1n) is 11.5. The quantitative estimate of drug-likeness (QED) is 0.676. The average Bonchev–Trinajstić information content (AvgIpc) is 2.71. The Hall–Kier alpha value is -2.74. The fourth-order valence-corrected chi connectivity index (χ4v) is 3.78. The maximum Gasteiger partial charge on any atom is 0.410 e. The molecule has 1 aromatic heterocycles. The first-order valence-corrected chi connectivity index (χ1v) is 11.5. The molecule has 0 radical (unpaired) electrons. The van der Waals surface area contributed by atoms with E-state index in [0.717, 1.165) is 5.56 Å². The number of benzene rings is 1. The molecule has 0 N–H and O–H groups in total. The zero-order valence-electron chi connectivity index (χ0n) is 20.5. The van der Waals surface area contributed by atoms with E-state index in [9.17, 15) is 14.0 Å². The number of aryl methyl sites for hydroxylation is 1. The molecule has 33 heavy (non-hydrogen) atoms. The highest BCUT2D eigenvalue weighted by Gasteiger charge is 2.26. The Bertz CT molecular complexity index is 1050. The molecule has 1 aromatic carbocycles. The Morgan fingerprint density at radius 3 is 2.39 bits per heavy atom. The smallest absolute Gasteiger partial charge is 0.410 e. The summed E-state index contributed by atoms with van der Waals surface area (Å²) in [6.07, 6.45) is -0.306. The Labute approximate surface area is 195 Å². The summed E-state index contributed by atoms with van der Waals surface area (Å²) in [5.74, 6) is -0.0111. The second-order valence-corrected chi connectivity index (χ2v) is 10.1. The third-order valence-electron chi connectivity index (χ3n) is 5.46. The Morgan fingerprint density at radius 2 is 1.82 bits per heavy atom. The molecule has 0 saturated carbocycles. The van der Waals surface area contributed by atoms with Crippen LogP contribution in [-0.2, 0) is 17.8 Å². The van der Waals surface area contributed by atoms with Crippen LogP contribution in [0, 0.1) is 18.7 Å². The van der Waals surface area contributed by atoms with Crippen molar-refractivity contribution in [2.24, 2.45) is 5.92 Å². The molecule has 2 aromatic rings. The largest absolute Gasteiger partial charge is 0.444 e. The van der Waals surface area contributed by atoms with Gasteiger partial charge in [-0.15, -0.1) is 0 Å². The number of carbonyl (C=O) groups excluding carboxylic acids is 1. The van der Waals surface area contributed by atoms with Gasteiger partial charge in [0.05, 0.1) is 5.69 Å². The molecule has 3 rings (SSSR count). The summed E-state index contributed by atoms with van der Waals surface area (Å²) in [7, 11) is 0. The minimum atomic E-state index is -0.526. The van der Waals surface area contributed by atoms with Gasteiger partial charge in [0.2, 0.25) is 0 Å². The van der Waals surface area contributed by atoms with Crippen LogP contribution in [0.25, 0.3) is 11.3 Å². The summed E-state index contributed by atoms with van der Waals surface area (Å²) >= 11 is 0. The van der Waals surface area contributed by atoms with Crippen molar-refractivity contribution >= 4 is 6.09 Å². The summed E-state index contributed by atoms with van der Waals surface area (Å²) in [6, 6.07) is 6.69. The first-order chi connectivity index (χ1) is 15.4. The molecule has 180 valence electrons. The molecule has 0 aliphatic carbocycles. The maximum absolute atomic E-state index is 13.8. The fraction of sp³-hybridized carbons (Fsp3) is 0.560. The van der Waals surface area contributed by atoms with E-state index < -0.39 is 5.60 Å². The van der Waals surface area contributed by atoms with Gasteiger partial charge in [0.15, 0.2) is 0 Å². The summed E-state index contributed by atoms with van der Waals surface area (Å²) in [5.41, 5.74) is 1.98. The fourth-order valence-electron chi connectivity index (χ4n) is 3.78. The summed E-state index contributed by atoms with van der Waals surface area (Å²) in [6.45, 7) is 14.7. The van der Waals surface area contributed by atoms with E-state index in [1.807, 2.05) is 40.7 Å². The van der Waals surface area contributed by atoms with Crippen molar-refractivity contribution in [1.82, 2.24) is 19.6 Å². The molecule has 1 aliphatic rings. The van der Waals surface area contributed by atoms with Gasteiger partial charge in [0.25, 0.3) is 5.56 Å². The molecule has 7 nitrogen and oxygen atoms in total. The van der Waals surface area contributed by atoms with Gasteiger partial charge in [-0.05, 0) is 63.4 Å². The van der Waals surface area contributed by atoms with Gasteiger partial charge < -0.3 is 9.64 Å². The number of piperazine rings is 1. The van der Waals surface area contributed by atoms with E-state index in [0.29, 0.717) is 56.1 Å². The lowest BCUT2D eigenvalue weighted by Gasteiger charge is -2.35. The Balaban J connectivity index is 1.80. The molecular weight excluding hydrogens is 423 g/mol. The van der Waals surface area contributed by atoms with E-state index in [4.69, 9.17) is 4.74 Å². The van der Waals surface area contributed by atoms with E-state index in [1.54, 1.807) is 24.0 Å². The van der Waals surface area contributed by atoms with Crippen LogP contribution in [0.2, 0.25) is 0 Å². The molecule has 8 heteroatoms. The monoisotopic (exact) mass is 458 g/mol. The number of halogens is 1. The molecule has 0 bridgehead atoms. The van der Waals surface area contributed by atoms with Crippen molar-refractivity contribution in [3.05, 3.63) is 51.6 Å². The Morgan fingerprint density at radius 1 is 1.15 bits per heavy atom. The molecule has 1 saturated heterocycles. The van der Waals surface area contributed by atoms with Gasteiger partial charge in [0.1, 0.15) is 11.4 Å². The molecule has 0 spiro atoms. The van der Waals surface area contributed by atoms with Crippen LogP contribution in [-0.4, -0.2) is 57.5 Å². The number of amides is 1. The van der Waals surface area contributed by atoms with E-state index in [1.165, 1.54) is 10.7 Å². The highest BCUT2D eigenvalue weighted by Crippen LogP contribution is 2.21. The van der Waals surface area contributed by atoms with Crippen LogP contribution < -0.4 is 5.56 Å². The first kappa shape index (κ1) is 24.9. The molecule has 1 amide bonds. The topological polar surface area (TPSA) is 67.7 Å². The second-order valence-electron chi connectivity index (χ2n) is 10.1. The van der Waals surface area contributed by atoms with Crippen molar-refractivity contribution in [2.75, 3.05) is 26.2 Å². The summed E-state index contributed by atoms with van der Waals surface area (Å²) < 4.78 is 20.8. The second kappa shape index (κ2) is 10.0. The highest BCUT2D eigenvalue weighted by atomic mass is 19.1. The summed E-state index contributed by atoms with van der Waals surface area (Å²) in [4.78, 5) is 29.3. The predicted molar refractivity (Wildman–Crippen MR) is 127 cm³/mol. The number of carbonyl (C=O) groups is 1. The number of rotatable bonds is 5. The SMILES string of the molecule is Cc1cc(-c2cc(CN3CCN(C(=O)OC(C)(C)C)CC3)c(=O)n(CC(C)C)n2)ccc1F. The minimum Gasteiger partial charge on any atom is -0.444 e. The van der Waals surface area contributed by atoms with Crippen LogP contribution >= 0.6 is 0 Å². The number of hydrogen-bond acceptors (Lipinski definition) is 5. The van der Waals surface area contributed by atoms with Gasteiger partial charge >= 0.3 is 6.09 Å². The zero-order valence-corrected chi connectivity index (χ0v) is 20.5. The highest BCUT2D eigenvalue weighted by molar-refractivity contribution is 5.68. The third kappa shape index (κ3) is 6.63. The molecule has 1 aliphatic heterocycles. The Kier molecular flexibility index (Phi) is 7.57. The average molecular weight is 459 g/mol. The lowest BCUT2D eigenvalue weighted by atomic mass is 10.1. The zero-order chi connectivity index (χ0) is 24.3. The van der Waals surface area contributed by atoms with Gasteiger partial charge in [-0.1, -0.05) is 13.8 Å². The summed E-state index contributed by atoms with van der Waals surface area (Å²) in [5, 5.41) is 4.57. The van der Waals surface area contributed by atoms with Gasteiger partial charge in [-0.2, -0.15) is 5.10 Å². The van der Waals surface area contributed by atoms with Crippen molar-refractivity contribution < 1.29 is 13.9 Å². The van der Waals surface area contributed by atoms with Crippen LogP contribution in [0.4, 0.5) is 9.18 Å². The van der Waals surface area contributed by atoms with E-state index in [-0.39, 0.29) is 23.4 Å². The predicted octanol–water partition coefficient (Wildman–Crippen LogP) is 4.07. The molecule has 1 fully saturated rings. The van der Waals surface area contributed by atoms with Crippen LogP contribution in [0.5, 0.6) is 0 Å². The van der Waals surface area contributed by atoms with E-state index >= 15 is 0 Å². The van der Waals surface area contributed by atoms with E-state index in [2.05, 4.69) is 10.00 Å². The van der Waals surface area contributed by atoms with Gasteiger partial charge in [0, 0.05) is 50.4 Å². The van der Waals surface area contributed by atoms with Gasteiger partial charge in [-0.3, -0.25) is 9.69 Å². The molecule has 2 heterocycles. The van der Waals surface area contributed by atoms with Crippen molar-refractivity contribution in [2.45, 2.75) is 60.2 Å². The number of aromatic nitrogens is 2. The number of hydrogen-bond donors (Lipinski definition) is 0. The molecular formula is C25H35FN4O3. The number of nitrogens with zero attached hydrogens (tertiary/aromatic N) is 4. The number of ether oxygens (including phenoxy) is 1. The van der Waals surface area contributed by atoms with Gasteiger partial charge in [-0.25, -0.2) is 13.9 Å². The van der Waals surface area contributed by atoms with Crippen LogP contribution in [0.15, 0.2) is 29.1 Å². The molecule has 0 atom stereocenters. The van der Waals surface area contributed by atoms with Crippen molar-refractivity contribution in [3.63, 3.8) is 0 Å². The standard InChI is InChI=1S/C25H35FN4O3/c1-17(2)15-30-23(31)20(14-22(27-30)19-7-8-21(26)18(3)13-19)16-28-9-11-29(12-10-28)24(32)33-25(4,5)6/h7-8,13-14,17H,9-12,15-16H2,1-6H3. The van der Waals surface area contributed by atoms with Crippen molar-refractivity contribution in [1.29, 1.82) is 0 Å². The van der Waals surface area contributed by atoms with Crippen molar-refractivity contribution in [3.8, 4) is 11.3 Å². The maximum atomic E-state index is 13.8. The normalized spacial score (nSPS) is 15.2. The van der Waals surface area contributed by atoms with Crippen LogP contribution in [0.1, 0.15) is 45.7 Å². The molecule has 0 unspecified atom stereocenters.